The van der Waals surface area contributed by atoms with Gasteiger partial charge in [0.25, 0.3) is 45.9 Å². The summed E-state index contributed by atoms with van der Waals surface area (Å²) in [7, 11) is 1.61. The Morgan fingerprint density at radius 1 is 0.346 bits per heavy atom. The van der Waals surface area contributed by atoms with Crippen molar-refractivity contribution in [3.05, 3.63) is 357 Å². The van der Waals surface area contributed by atoms with Gasteiger partial charge < -0.3 is 21.3 Å². The zero-order chi connectivity index (χ0) is 90.2. The summed E-state index contributed by atoms with van der Waals surface area (Å²) < 4.78 is 35.8. The number of aryl methyl sites for hydroxylation is 4. The van der Waals surface area contributed by atoms with Crippen LogP contribution in [-0.4, -0.2) is 111 Å². The highest BCUT2D eigenvalue weighted by Gasteiger charge is 2.30. The highest BCUT2D eigenvalue weighted by molar-refractivity contribution is 6.02. The minimum atomic E-state index is -0.711. The topological polar surface area (TPSA) is 368 Å². The maximum absolute atomic E-state index is 13.7. The van der Waals surface area contributed by atoms with Gasteiger partial charge in [-0.15, -0.1) is 25.7 Å². The Labute approximate surface area is 721 Å². The Kier molecular flexibility index (Phi) is 24.9. The third-order valence-corrected chi connectivity index (χ3v) is 20.4. The largest absolute Gasteiger partial charge is 0.342 e. The number of halogens is 2. The van der Waals surface area contributed by atoms with Crippen LogP contribution in [0, 0.1) is 88.7 Å². The Bertz CT molecular complexity index is 7730. The van der Waals surface area contributed by atoms with Gasteiger partial charge in [-0.3, -0.25) is 66.6 Å². The Morgan fingerprint density at radius 3 is 0.992 bits per heavy atom. The van der Waals surface area contributed by atoms with Crippen LogP contribution in [0.5, 0.6) is 0 Å². The molecule has 0 saturated heterocycles. The third kappa shape index (κ3) is 17.3. The molecule has 10 aromatic heterocycles. The number of nitrogens with zero attached hydrogens (tertiary/aromatic N) is 18. The third-order valence-electron chi connectivity index (χ3n) is 20.4. The maximum Gasteiger partial charge on any atom is 0.272 e. The van der Waals surface area contributed by atoms with E-state index >= 15 is 0 Å². The fourth-order valence-electron chi connectivity index (χ4n) is 14.4. The predicted octanol–water partition coefficient (Wildman–Crippen LogP) is 11.2. The number of para-hydroxylation sites is 1. The number of benzene rings is 7. The van der Waals surface area contributed by atoms with Gasteiger partial charge in [-0.25, -0.2) is 57.7 Å². The van der Waals surface area contributed by atoms with E-state index in [-0.39, 0.29) is 50.8 Å². The Balaban J connectivity index is 0.000000137. The zero-order valence-corrected chi connectivity index (χ0v) is 69.4. The van der Waals surface area contributed by atoms with Gasteiger partial charge in [-0.2, -0.15) is 10.2 Å². The van der Waals surface area contributed by atoms with Crippen molar-refractivity contribution in [1.29, 1.82) is 0 Å². The van der Waals surface area contributed by atoms with Crippen molar-refractivity contribution in [2.24, 2.45) is 7.05 Å². The average Bonchev–Trinajstić information content (AvgIpc) is 1.70. The van der Waals surface area contributed by atoms with E-state index in [1.54, 1.807) is 189 Å². The van der Waals surface area contributed by atoms with Crippen molar-refractivity contribution in [1.82, 2.24) is 109 Å². The molecule has 17 aromatic rings. The normalized spacial score (nSPS) is 11.8. The SMILES string of the molecule is C#Cc1cccc2nc([C@H](C)NC(=O)c3c(C)nn4cccnc34)n(-c3ccc(F)cc3)c(=O)c12.C#Cc1cccc2nc([C@H](C)NC(=O)c3c(C)nn4cccnc34)n(C)c(=O)c12.C#Cc1cccc2nc([C@H](C)NC(=O)c3nccnc3C)n(-c3ccc(F)cc3)c(=O)c12.C#Cc1cccc2nc([C@H](C)NC(=O)c3nccnc3C)n(-c3ccccc3)c(=O)c12. The lowest BCUT2D eigenvalue weighted by molar-refractivity contribution is 0.0923. The first-order valence-electron chi connectivity index (χ1n) is 39.2. The molecule has 4 N–H and O–H groups in total. The highest BCUT2D eigenvalue weighted by Crippen LogP contribution is 2.28. The highest BCUT2D eigenvalue weighted by atomic mass is 19.1. The van der Waals surface area contributed by atoms with E-state index in [1.807, 2.05) is 18.2 Å². The fourth-order valence-corrected chi connectivity index (χ4v) is 14.4. The molecule has 0 bridgehead atoms. The summed E-state index contributed by atoms with van der Waals surface area (Å²) in [6.07, 6.45) is 34.9. The molecule has 626 valence electrons. The number of terminal acetylenes is 4. The van der Waals surface area contributed by atoms with Gasteiger partial charge in [0.1, 0.15) is 57.4 Å². The molecule has 4 amide bonds. The second kappa shape index (κ2) is 36.8. The van der Waals surface area contributed by atoms with E-state index in [0.717, 1.165) is 0 Å². The second-order valence-electron chi connectivity index (χ2n) is 28.8. The van der Waals surface area contributed by atoms with E-state index < -0.39 is 64.6 Å². The van der Waals surface area contributed by atoms with Crippen LogP contribution in [0.3, 0.4) is 0 Å². The molecule has 0 saturated carbocycles. The fraction of sp³-hybridized carbons (Fsp3) is 0.137. The molecule has 0 aliphatic carbocycles. The molecule has 4 atom stereocenters. The minimum Gasteiger partial charge on any atom is -0.342 e. The molecule has 30 nitrogen and oxygen atoms in total. The monoisotopic (exact) mass is 1690 g/mol. The molecule has 0 fully saturated rings. The molecule has 0 unspecified atom stereocenters. The average molecular weight is 1690 g/mol. The van der Waals surface area contributed by atoms with Gasteiger partial charge in [0.2, 0.25) is 0 Å². The number of hydrogen-bond donors (Lipinski definition) is 4. The summed E-state index contributed by atoms with van der Waals surface area (Å²) in [4.78, 5) is 149. The van der Waals surface area contributed by atoms with Gasteiger partial charge in [-0.05, 0) is 177 Å². The summed E-state index contributed by atoms with van der Waals surface area (Å²) in [5.74, 6) is 8.94. The molecular weight excluding hydrogens is 1620 g/mol. The summed E-state index contributed by atoms with van der Waals surface area (Å²) in [5.41, 5.74) is 7.58. The van der Waals surface area contributed by atoms with E-state index in [0.29, 0.717) is 129 Å². The van der Waals surface area contributed by atoms with E-state index in [9.17, 15) is 47.1 Å². The lowest BCUT2D eigenvalue weighted by Crippen LogP contribution is -2.34. The van der Waals surface area contributed by atoms with Crippen molar-refractivity contribution < 1.29 is 28.0 Å². The molecule has 0 aliphatic rings. The number of carbonyl (C=O) groups excluding carboxylic acids is 4. The minimum absolute atomic E-state index is 0.172. The summed E-state index contributed by atoms with van der Waals surface area (Å²) in [6.45, 7) is 13.8. The van der Waals surface area contributed by atoms with Crippen LogP contribution < -0.4 is 43.5 Å². The van der Waals surface area contributed by atoms with Gasteiger partial charge in [0.15, 0.2) is 11.3 Å². The number of carbonyl (C=O) groups is 4. The number of hydrogen-bond acceptors (Lipinski definition) is 20. The molecule has 17 rings (SSSR count). The van der Waals surface area contributed by atoms with Gasteiger partial charge in [0.05, 0.1) is 108 Å². The van der Waals surface area contributed by atoms with Crippen LogP contribution in [0.2, 0.25) is 0 Å². The number of nitrogens with one attached hydrogen (secondary N) is 4. The number of rotatable bonds is 15. The van der Waals surface area contributed by atoms with Crippen LogP contribution in [-0.2, 0) is 7.05 Å². The van der Waals surface area contributed by atoms with Crippen LogP contribution in [0.4, 0.5) is 8.78 Å². The van der Waals surface area contributed by atoms with Crippen LogP contribution >= 0.6 is 0 Å². The maximum atomic E-state index is 13.7. The number of amides is 4. The molecule has 7 aromatic carbocycles. The summed E-state index contributed by atoms with van der Waals surface area (Å²) in [5, 5.41) is 21.4. The van der Waals surface area contributed by atoms with E-state index in [2.05, 4.69) is 100 Å². The first-order valence-corrected chi connectivity index (χ1v) is 39.2. The van der Waals surface area contributed by atoms with Crippen molar-refractivity contribution in [2.75, 3.05) is 0 Å². The standard InChI is InChI=1S/C26H19FN6O2.C24H18FN5O2.C24H19N5O2.C21H18N6O2/c1-4-17-7-5-8-20-22(17)26(35)33(19-11-9-18(27)10-12-19)23(30-20)16(3)29-25(34)21-15(2)31-32-14-6-13-28-24(21)32;1-4-16-6-5-7-19-20(16)24(32)30(18-10-8-17(25)9-11-18)22(29-19)15(3)28-23(31)21-14(2)26-12-13-27-21;1-4-17-9-8-12-19-20(17)24(31)29(18-10-6-5-7-11-18)22(28-19)16(3)27-23(30)21-15(2)25-13-14-26-21;1-5-14-8-6-9-15-17(14)21(29)26(4)18(24-15)13(3)23-20(28)16-12(2)25-27-11-7-10-22-19(16)27/h1,5-14,16H,2-3H3,(H,29,34);1,5-13,15H,2-3H3,(H,28,31);1,5-14,16H,2-3H3,(H,27,30);1,6-11,13H,2-4H3,(H,23,28)/t16-;15-;16-;13-/m0000/s1. The van der Waals surface area contributed by atoms with Crippen molar-refractivity contribution >= 4 is 78.5 Å². The van der Waals surface area contributed by atoms with E-state index in [1.165, 1.54) is 96.1 Å². The number of fused-ring (bicyclic) bond motifs is 6. The molecule has 0 aliphatic heterocycles. The first kappa shape index (κ1) is 85.9. The lowest BCUT2D eigenvalue weighted by Gasteiger charge is -2.20. The van der Waals surface area contributed by atoms with Crippen LogP contribution in [0.15, 0.2) is 233 Å². The van der Waals surface area contributed by atoms with Crippen molar-refractivity contribution in [2.45, 2.75) is 79.6 Å². The molecular formula is C95H74F2N22O8. The number of aromatic nitrogens is 18. The quantitative estimate of drug-likeness (QED) is 0.0693. The van der Waals surface area contributed by atoms with Crippen molar-refractivity contribution in [3.8, 4) is 66.4 Å². The van der Waals surface area contributed by atoms with Crippen molar-refractivity contribution in [3.63, 3.8) is 0 Å². The van der Waals surface area contributed by atoms with E-state index in [4.69, 9.17) is 30.7 Å². The first-order chi connectivity index (χ1) is 61.2. The van der Waals surface area contributed by atoms with Gasteiger partial charge in [-0.1, -0.05) is 66.1 Å². The van der Waals surface area contributed by atoms with Gasteiger partial charge in [0, 0.05) is 78.9 Å². The zero-order valence-electron chi connectivity index (χ0n) is 69.4. The Hall–Kier alpha value is -17.5. The van der Waals surface area contributed by atoms with Crippen LogP contribution in [0.1, 0.15) is 162 Å². The predicted molar refractivity (Wildman–Crippen MR) is 473 cm³/mol. The lowest BCUT2D eigenvalue weighted by atomic mass is 10.1. The Morgan fingerprint density at radius 2 is 0.654 bits per heavy atom. The molecule has 0 spiro atoms. The second-order valence-corrected chi connectivity index (χ2v) is 28.8. The molecule has 0 radical (unpaired) electrons. The molecule has 127 heavy (non-hydrogen) atoms. The summed E-state index contributed by atoms with van der Waals surface area (Å²) >= 11 is 0. The molecule has 10 heterocycles. The summed E-state index contributed by atoms with van der Waals surface area (Å²) in [6, 6.07) is 41.4. The van der Waals surface area contributed by atoms with Crippen LogP contribution in [0.25, 0.3) is 72.0 Å². The molecule has 32 heteroatoms. The van der Waals surface area contributed by atoms with Gasteiger partial charge >= 0.3 is 0 Å². The smallest absolute Gasteiger partial charge is 0.272 e.